The van der Waals surface area contributed by atoms with Crippen molar-refractivity contribution < 1.29 is 14.3 Å². The second-order valence-electron chi connectivity index (χ2n) is 4.46. The van der Waals surface area contributed by atoms with E-state index in [1.165, 1.54) is 11.8 Å². The molecule has 0 bridgehead atoms. The Balaban J connectivity index is 2.21. The highest BCUT2D eigenvalue weighted by Gasteiger charge is 2.33. The van der Waals surface area contributed by atoms with Crippen LogP contribution in [0.15, 0.2) is 0 Å². The fourth-order valence-electron chi connectivity index (χ4n) is 1.25. The van der Waals surface area contributed by atoms with Crippen LogP contribution < -0.4 is 5.32 Å². The molecule has 5 heteroatoms. The Bertz CT molecular complexity index is 261. The molecule has 1 aliphatic heterocycles. The number of nitrogens with one attached hydrogen (secondary N) is 1. The molecule has 86 valence electrons. The van der Waals surface area contributed by atoms with Crippen LogP contribution in [0.5, 0.6) is 0 Å². The summed E-state index contributed by atoms with van der Waals surface area (Å²) in [5.41, 5.74) is 0.0739. The van der Waals surface area contributed by atoms with Gasteiger partial charge in [0, 0.05) is 25.9 Å². The fourth-order valence-corrected chi connectivity index (χ4v) is 1.25. The molecule has 0 aromatic heterocycles. The molecule has 1 aliphatic rings. The van der Waals surface area contributed by atoms with Gasteiger partial charge in [0.05, 0.1) is 19.8 Å². The average Bonchev–Trinajstić information content (AvgIpc) is 2.11. The summed E-state index contributed by atoms with van der Waals surface area (Å²) in [7, 11) is 1.61. The first-order valence-corrected chi connectivity index (χ1v) is 4.99. The van der Waals surface area contributed by atoms with Gasteiger partial charge in [0.1, 0.15) is 0 Å². The summed E-state index contributed by atoms with van der Waals surface area (Å²) in [6, 6.07) is 0. The minimum atomic E-state index is -0.124. The van der Waals surface area contributed by atoms with E-state index in [0.29, 0.717) is 19.8 Å². The van der Waals surface area contributed by atoms with E-state index < -0.39 is 0 Å². The molecule has 0 aliphatic carbocycles. The van der Waals surface area contributed by atoms with E-state index in [9.17, 15) is 9.59 Å². The first-order chi connectivity index (χ1) is 6.93. The number of hydrogen-bond donors (Lipinski definition) is 1. The maximum Gasteiger partial charge on any atom is 0.239 e. The van der Waals surface area contributed by atoms with Crippen molar-refractivity contribution in [1.82, 2.24) is 10.2 Å². The molecule has 0 saturated carbocycles. The molecule has 0 aromatic rings. The van der Waals surface area contributed by atoms with Gasteiger partial charge in [0.15, 0.2) is 0 Å². The number of ether oxygens (including phenoxy) is 1. The van der Waals surface area contributed by atoms with Crippen LogP contribution in [0.2, 0.25) is 0 Å². The molecule has 0 atom stereocenters. The second-order valence-corrected chi connectivity index (χ2v) is 4.46. The summed E-state index contributed by atoms with van der Waals surface area (Å²) in [4.78, 5) is 23.7. The third kappa shape index (κ3) is 3.51. The van der Waals surface area contributed by atoms with E-state index in [0.717, 1.165) is 0 Å². The van der Waals surface area contributed by atoms with Gasteiger partial charge in [-0.25, -0.2) is 0 Å². The molecule has 0 aromatic carbocycles. The second kappa shape index (κ2) is 4.61. The van der Waals surface area contributed by atoms with E-state index in [-0.39, 0.29) is 23.8 Å². The van der Waals surface area contributed by atoms with Gasteiger partial charge in [0.2, 0.25) is 11.8 Å². The van der Waals surface area contributed by atoms with Crippen LogP contribution in [-0.2, 0) is 14.3 Å². The normalized spacial score (nSPS) is 17.8. The van der Waals surface area contributed by atoms with Crippen molar-refractivity contribution in [2.24, 2.45) is 5.41 Å². The van der Waals surface area contributed by atoms with Gasteiger partial charge in [-0.3, -0.25) is 9.59 Å². The Morgan fingerprint density at radius 1 is 1.47 bits per heavy atom. The van der Waals surface area contributed by atoms with Crippen LogP contribution in [0.25, 0.3) is 0 Å². The molecule has 1 N–H and O–H groups in total. The predicted molar refractivity (Wildman–Crippen MR) is 55.2 cm³/mol. The summed E-state index contributed by atoms with van der Waals surface area (Å²) >= 11 is 0. The molecule has 0 unspecified atom stereocenters. The zero-order valence-corrected chi connectivity index (χ0v) is 9.50. The van der Waals surface area contributed by atoms with Crippen LogP contribution in [0.1, 0.15) is 13.8 Å². The molecule has 1 rings (SSSR count). The molecule has 0 radical (unpaired) electrons. The van der Waals surface area contributed by atoms with Crippen LogP contribution >= 0.6 is 0 Å². The zero-order valence-electron chi connectivity index (χ0n) is 9.50. The predicted octanol–water partition coefficient (Wildman–Crippen LogP) is -0.383. The molecule has 5 nitrogen and oxygen atoms in total. The van der Waals surface area contributed by atoms with Crippen molar-refractivity contribution in [3.63, 3.8) is 0 Å². The van der Waals surface area contributed by atoms with Gasteiger partial charge in [-0.2, -0.15) is 0 Å². The lowest BCUT2D eigenvalue weighted by Gasteiger charge is -2.38. The topological polar surface area (TPSA) is 58.6 Å². The van der Waals surface area contributed by atoms with Crippen LogP contribution in [0.4, 0.5) is 0 Å². The van der Waals surface area contributed by atoms with Gasteiger partial charge >= 0.3 is 0 Å². The molecule has 1 heterocycles. The van der Waals surface area contributed by atoms with Crippen LogP contribution in [0.3, 0.4) is 0 Å². The smallest absolute Gasteiger partial charge is 0.239 e. The van der Waals surface area contributed by atoms with E-state index in [2.05, 4.69) is 12.2 Å². The molecule has 2 amide bonds. The van der Waals surface area contributed by atoms with Crippen molar-refractivity contribution in [2.45, 2.75) is 13.8 Å². The van der Waals surface area contributed by atoms with Crippen LogP contribution in [0, 0.1) is 5.41 Å². The minimum Gasteiger partial charge on any atom is -0.380 e. The highest BCUT2D eigenvalue weighted by molar-refractivity contribution is 5.83. The minimum absolute atomic E-state index is 0.0739. The number of hydrogen-bond acceptors (Lipinski definition) is 3. The number of amides is 2. The lowest BCUT2D eigenvalue weighted by atomic mass is 9.89. The van der Waals surface area contributed by atoms with E-state index in [1.807, 2.05) is 0 Å². The summed E-state index contributed by atoms with van der Waals surface area (Å²) in [6.45, 7) is 5.61. The highest BCUT2D eigenvalue weighted by Crippen LogP contribution is 2.24. The Morgan fingerprint density at radius 3 is 2.47 bits per heavy atom. The first-order valence-electron chi connectivity index (χ1n) is 4.99. The molecular formula is C10H18N2O3. The summed E-state index contributed by atoms with van der Waals surface area (Å²) in [5, 5.41) is 2.80. The van der Waals surface area contributed by atoms with Crippen molar-refractivity contribution in [3.8, 4) is 0 Å². The molecular weight excluding hydrogens is 196 g/mol. The Labute approximate surface area is 89.8 Å². The number of likely N-dealkylation sites (N-methyl/N-ethyl adjacent to an activating group) is 1. The van der Waals surface area contributed by atoms with E-state index in [4.69, 9.17) is 4.74 Å². The first kappa shape index (κ1) is 12.0. The quantitative estimate of drug-likeness (QED) is 0.694. The maximum absolute atomic E-state index is 11.4. The van der Waals surface area contributed by atoms with Gasteiger partial charge in [0.25, 0.3) is 0 Å². The molecule has 15 heavy (non-hydrogen) atoms. The largest absolute Gasteiger partial charge is 0.380 e. The SMILES string of the molecule is CC(=O)N(C)CC(=O)NCC1(C)COC1. The Morgan fingerprint density at radius 2 is 2.07 bits per heavy atom. The van der Waals surface area contributed by atoms with Crippen molar-refractivity contribution in [3.05, 3.63) is 0 Å². The van der Waals surface area contributed by atoms with Gasteiger partial charge < -0.3 is 15.0 Å². The number of rotatable bonds is 4. The molecule has 1 fully saturated rings. The van der Waals surface area contributed by atoms with Crippen molar-refractivity contribution in [2.75, 3.05) is 33.4 Å². The lowest BCUT2D eigenvalue weighted by molar-refractivity contribution is -0.135. The van der Waals surface area contributed by atoms with Gasteiger partial charge in [-0.1, -0.05) is 6.92 Å². The number of carbonyl (C=O) groups is 2. The Hall–Kier alpha value is -1.10. The number of nitrogens with zero attached hydrogens (tertiary/aromatic N) is 1. The Kier molecular flexibility index (Phi) is 3.68. The average molecular weight is 214 g/mol. The van der Waals surface area contributed by atoms with E-state index in [1.54, 1.807) is 7.05 Å². The highest BCUT2D eigenvalue weighted by atomic mass is 16.5. The van der Waals surface area contributed by atoms with Gasteiger partial charge in [-0.15, -0.1) is 0 Å². The summed E-state index contributed by atoms with van der Waals surface area (Å²) < 4.78 is 5.07. The molecule has 0 spiro atoms. The van der Waals surface area contributed by atoms with Crippen molar-refractivity contribution >= 4 is 11.8 Å². The van der Waals surface area contributed by atoms with Crippen LogP contribution in [-0.4, -0.2) is 50.1 Å². The third-order valence-corrected chi connectivity index (χ3v) is 2.53. The third-order valence-electron chi connectivity index (χ3n) is 2.53. The monoisotopic (exact) mass is 214 g/mol. The standard InChI is InChI=1S/C10H18N2O3/c1-8(13)12(3)4-9(14)11-5-10(2)6-15-7-10/h4-7H2,1-3H3,(H,11,14). The van der Waals surface area contributed by atoms with E-state index >= 15 is 0 Å². The molecule has 1 saturated heterocycles. The summed E-state index contributed by atoms with van der Waals surface area (Å²) in [6.07, 6.45) is 0. The zero-order chi connectivity index (χ0) is 11.5. The maximum atomic E-state index is 11.4. The number of carbonyl (C=O) groups excluding carboxylic acids is 2. The van der Waals surface area contributed by atoms with Gasteiger partial charge in [-0.05, 0) is 0 Å². The van der Waals surface area contributed by atoms with Crippen molar-refractivity contribution in [1.29, 1.82) is 0 Å². The fraction of sp³-hybridized carbons (Fsp3) is 0.800. The summed E-state index contributed by atoms with van der Waals surface area (Å²) in [5.74, 6) is -0.232. The lowest BCUT2D eigenvalue weighted by Crippen LogP contribution is -2.50.